The van der Waals surface area contributed by atoms with Gasteiger partial charge in [0.1, 0.15) is 0 Å². The first-order valence-corrected chi connectivity index (χ1v) is 11.9. The second kappa shape index (κ2) is 9.22. The molecule has 5 rings (SSSR count). The van der Waals surface area contributed by atoms with Gasteiger partial charge in [-0.3, -0.25) is 4.79 Å². The quantitative estimate of drug-likeness (QED) is 0.432. The van der Waals surface area contributed by atoms with Crippen molar-refractivity contribution in [2.75, 3.05) is 13.1 Å². The summed E-state index contributed by atoms with van der Waals surface area (Å²) in [6, 6.07) is 14.5. The van der Waals surface area contributed by atoms with Gasteiger partial charge in [-0.2, -0.15) is 0 Å². The van der Waals surface area contributed by atoms with Crippen LogP contribution in [0.5, 0.6) is 0 Å². The molecule has 0 spiro atoms. The molecule has 1 saturated heterocycles. The summed E-state index contributed by atoms with van der Waals surface area (Å²) in [5.41, 5.74) is 6.09. The Kier molecular flexibility index (Phi) is 5.99. The molecule has 6 nitrogen and oxygen atoms in total. The number of rotatable bonds is 6. The number of piperidine rings is 1. The standard InChI is InChI=1S/C27H30N4O2/c1-3-19-5-4-6-22-23(17-28-26(19)22)20-13-15-31(16-14-20)25(32)12-11-24-29-30-27(33-24)21-9-7-18(2)8-10-21/h4-10,17,20,28H,3,11-16H2,1-2H3. The summed E-state index contributed by atoms with van der Waals surface area (Å²) in [6.07, 6.45) is 6.05. The van der Waals surface area contributed by atoms with E-state index in [1.807, 2.05) is 36.1 Å². The van der Waals surface area contributed by atoms with Crippen LogP contribution in [0.2, 0.25) is 0 Å². The summed E-state index contributed by atoms with van der Waals surface area (Å²) in [5.74, 6) is 1.67. The van der Waals surface area contributed by atoms with Crippen molar-refractivity contribution in [2.45, 2.75) is 51.9 Å². The Bertz CT molecular complexity index is 1250. The van der Waals surface area contributed by atoms with Gasteiger partial charge in [-0.25, -0.2) is 0 Å². The molecule has 170 valence electrons. The largest absolute Gasteiger partial charge is 0.421 e. The van der Waals surface area contributed by atoms with Gasteiger partial charge in [0.05, 0.1) is 0 Å². The SMILES string of the molecule is CCc1cccc2c(C3CCN(C(=O)CCc4nnc(-c5ccc(C)cc5)o4)CC3)c[nH]c12. The number of para-hydroxylation sites is 1. The second-order valence-corrected chi connectivity index (χ2v) is 8.96. The number of aromatic nitrogens is 3. The van der Waals surface area contributed by atoms with Gasteiger partial charge in [-0.1, -0.05) is 42.8 Å². The topological polar surface area (TPSA) is 75.0 Å². The van der Waals surface area contributed by atoms with Crippen LogP contribution in [0.4, 0.5) is 0 Å². The van der Waals surface area contributed by atoms with Crippen molar-refractivity contribution in [3.8, 4) is 11.5 Å². The van der Waals surface area contributed by atoms with Gasteiger partial charge in [0.25, 0.3) is 0 Å². The first-order valence-electron chi connectivity index (χ1n) is 11.9. The number of benzene rings is 2. The van der Waals surface area contributed by atoms with Gasteiger partial charge in [-0.05, 0) is 55.4 Å². The summed E-state index contributed by atoms with van der Waals surface area (Å²) in [6.45, 7) is 5.82. The number of amides is 1. The monoisotopic (exact) mass is 442 g/mol. The molecule has 0 unspecified atom stereocenters. The van der Waals surface area contributed by atoms with Crippen LogP contribution in [-0.2, 0) is 17.6 Å². The van der Waals surface area contributed by atoms with E-state index < -0.39 is 0 Å². The van der Waals surface area contributed by atoms with Gasteiger partial charge < -0.3 is 14.3 Å². The predicted molar refractivity (Wildman–Crippen MR) is 129 cm³/mol. The zero-order chi connectivity index (χ0) is 22.8. The lowest BCUT2D eigenvalue weighted by atomic mass is 9.88. The van der Waals surface area contributed by atoms with Gasteiger partial charge in [0.15, 0.2) is 0 Å². The van der Waals surface area contributed by atoms with Crippen LogP contribution in [0.1, 0.15) is 54.7 Å². The van der Waals surface area contributed by atoms with Gasteiger partial charge in [0.2, 0.25) is 17.7 Å². The molecule has 0 saturated carbocycles. The van der Waals surface area contributed by atoms with E-state index in [0.717, 1.165) is 37.9 Å². The maximum Gasteiger partial charge on any atom is 0.247 e. The maximum atomic E-state index is 12.8. The number of aryl methyl sites for hydroxylation is 3. The van der Waals surface area contributed by atoms with Crippen molar-refractivity contribution in [3.63, 3.8) is 0 Å². The molecule has 1 aliphatic rings. The summed E-state index contributed by atoms with van der Waals surface area (Å²) in [7, 11) is 0. The summed E-state index contributed by atoms with van der Waals surface area (Å²) in [4.78, 5) is 18.3. The minimum Gasteiger partial charge on any atom is -0.421 e. The van der Waals surface area contributed by atoms with Crippen LogP contribution in [0, 0.1) is 6.92 Å². The number of hydrogen-bond acceptors (Lipinski definition) is 4. The normalized spacial score (nSPS) is 14.8. The predicted octanol–water partition coefficient (Wildman–Crippen LogP) is 5.43. The molecule has 0 aliphatic carbocycles. The Labute approximate surface area is 194 Å². The molecule has 1 aliphatic heterocycles. The van der Waals surface area contributed by atoms with Gasteiger partial charge in [-0.15, -0.1) is 10.2 Å². The highest BCUT2D eigenvalue weighted by molar-refractivity contribution is 5.86. The highest BCUT2D eigenvalue weighted by atomic mass is 16.4. The number of aromatic amines is 1. The Balaban J connectivity index is 1.16. The lowest BCUT2D eigenvalue weighted by Gasteiger charge is -2.32. The van der Waals surface area contributed by atoms with Crippen molar-refractivity contribution in [1.29, 1.82) is 0 Å². The second-order valence-electron chi connectivity index (χ2n) is 8.96. The Morgan fingerprint density at radius 1 is 1.12 bits per heavy atom. The average molecular weight is 443 g/mol. The number of nitrogens with zero attached hydrogens (tertiary/aromatic N) is 3. The highest BCUT2D eigenvalue weighted by Crippen LogP contribution is 2.34. The van der Waals surface area contributed by atoms with Crippen molar-refractivity contribution in [2.24, 2.45) is 0 Å². The fourth-order valence-electron chi connectivity index (χ4n) is 4.85. The molecule has 2 aromatic carbocycles. The maximum absolute atomic E-state index is 12.8. The van der Waals surface area contributed by atoms with Crippen molar-refractivity contribution in [3.05, 3.63) is 71.2 Å². The summed E-state index contributed by atoms with van der Waals surface area (Å²) >= 11 is 0. The Hall–Kier alpha value is -3.41. The van der Waals surface area contributed by atoms with Crippen molar-refractivity contribution in [1.82, 2.24) is 20.1 Å². The Morgan fingerprint density at radius 2 is 1.91 bits per heavy atom. The van der Waals surface area contributed by atoms with E-state index >= 15 is 0 Å². The highest BCUT2D eigenvalue weighted by Gasteiger charge is 2.26. The number of H-pyrrole nitrogens is 1. The van der Waals surface area contributed by atoms with E-state index in [-0.39, 0.29) is 5.91 Å². The molecule has 2 aromatic heterocycles. The fourth-order valence-corrected chi connectivity index (χ4v) is 4.85. The minimum absolute atomic E-state index is 0.163. The first-order chi connectivity index (χ1) is 16.1. The van der Waals surface area contributed by atoms with Crippen molar-refractivity contribution >= 4 is 16.8 Å². The molecule has 6 heteroatoms. The molecule has 33 heavy (non-hydrogen) atoms. The van der Waals surface area contributed by atoms with Crippen LogP contribution < -0.4 is 0 Å². The number of likely N-dealkylation sites (tertiary alicyclic amines) is 1. The third-order valence-corrected chi connectivity index (χ3v) is 6.82. The van der Waals surface area contributed by atoms with Crippen molar-refractivity contribution < 1.29 is 9.21 Å². The third kappa shape index (κ3) is 4.42. The molecule has 0 atom stereocenters. The van der Waals surface area contributed by atoms with E-state index in [1.54, 1.807) is 0 Å². The molecule has 1 amide bonds. The number of carbonyl (C=O) groups excluding carboxylic acids is 1. The summed E-state index contributed by atoms with van der Waals surface area (Å²) in [5, 5.41) is 9.60. The van der Waals surface area contributed by atoms with E-state index in [4.69, 9.17) is 4.42 Å². The molecule has 3 heterocycles. The van der Waals surface area contributed by atoms with E-state index in [0.29, 0.717) is 30.5 Å². The lowest BCUT2D eigenvalue weighted by molar-refractivity contribution is -0.132. The lowest BCUT2D eigenvalue weighted by Crippen LogP contribution is -2.38. The number of carbonyl (C=O) groups is 1. The molecule has 1 N–H and O–H groups in total. The minimum atomic E-state index is 0.163. The molecular weight excluding hydrogens is 412 g/mol. The van der Waals surface area contributed by atoms with E-state index in [9.17, 15) is 4.79 Å². The number of nitrogens with one attached hydrogen (secondary N) is 1. The first kappa shape index (κ1) is 21.4. The molecule has 0 bridgehead atoms. The van der Waals surface area contributed by atoms with E-state index in [2.05, 4.69) is 46.5 Å². The van der Waals surface area contributed by atoms with Gasteiger partial charge >= 0.3 is 0 Å². The molecular formula is C27H30N4O2. The summed E-state index contributed by atoms with van der Waals surface area (Å²) < 4.78 is 5.78. The molecule has 0 radical (unpaired) electrons. The number of fused-ring (bicyclic) bond motifs is 1. The Morgan fingerprint density at radius 3 is 2.67 bits per heavy atom. The molecule has 4 aromatic rings. The zero-order valence-corrected chi connectivity index (χ0v) is 19.3. The van der Waals surface area contributed by atoms with Gasteiger partial charge in [0, 0.05) is 48.6 Å². The van der Waals surface area contributed by atoms with Crippen LogP contribution in [0.25, 0.3) is 22.4 Å². The zero-order valence-electron chi connectivity index (χ0n) is 19.3. The van der Waals surface area contributed by atoms with Crippen LogP contribution in [0.3, 0.4) is 0 Å². The van der Waals surface area contributed by atoms with E-state index in [1.165, 1.54) is 27.6 Å². The smallest absolute Gasteiger partial charge is 0.247 e. The van der Waals surface area contributed by atoms with Crippen LogP contribution in [-0.4, -0.2) is 39.1 Å². The molecule has 1 fully saturated rings. The van der Waals surface area contributed by atoms with Crippen LogP contribution in [0.15, 0.2) is 53.1 Å². The number of hydrogen-bond donors (Lipinski definition) is 1. The fraction of sp³-hybridized carbons (Fsp3) is 0.370. The van der Waals surface area contributed by atoms with Crippen LogP contribution >= 0.6 is 0 Å². The average Bonchev–Trinajstić information content (AvgIpc) is 3.50. The third-order valence-electron chi connectivity index (χ3n) is 6.82.